The summed E-state index contributed by atoms with van der Waals surface area (Å²) in [6.45, 7) is 5.57. The highest BCUT2D eigenvalue weighted by molar-refractivity contribution is 6.06. The smallest absolute Gasteiger partial charge is 0.163 e. The molecule has 3 aliphatic heterocycles. The Balaban J connectivity index is 0.888. The van der Waals surface area contributed by atoms with Gasteiger partial charge in [-0.25, -0.2) is 0 Å². The number of aliphatic hydroxyl groups is 1. The van der Waals surface area contributed by atoms with Crippen molar-refractivity contribution in [3.63, 3.8) is 0 Å². The van der Waals surface area contributed by atoms with Gasteiger partial charge >= 0.3 is 0 Å². The number of aromatic hydroxyl groups is 1. The molecule has 8 rings (SSSR count). The Kier molecular flexibility index (Phi) is 17.2. The number of hydrogen-bond donors (Lipinski definition) is 7. The topological polar surface area (TPSA) is 158 Å². The molecule has 10 heteroatoms. The number of phenols is 1. The predicted octanol–water partition coefficient (Wildman–Crippen LogP) is 8.06. The lowest BCUT2D eigenvalue weighted by Gasteiger charge is -2.52. The first kappa shape index (κ1) is 49.6. The molecule has 3 aromatic carbocycles. The number of dihydropyridines is 1. The molecule has 3 aromatic rings. The summed E-state index contributed by atoms with van der Waals surface area (Å²) in [5, 5.41) is 35.6. The molecular formula is C58H77N5O5. The molecule has 0 amide bonds. The fourth-order valence-corrected chi connectivity index (χ4v) is 12.5. The van der Waals surface area contributed by atoms with E-state index in [1.54, 1.807) is 18.2 Å². The average molecular weight is 924 g/mol. The number of nitrogens with two attached hydrogens (primary N) is 1. The third-order valence-electron chi connectivity index (χ3n) is 15.9. The van der Waals surface area contributed by atoms with Gasteiger partial charge in [-0.15, -0.1) is 0 Å². The zero-order valence-corrected chi connectivity index (χ0v) is 40.6. The summed E-state index contributed by atoms with van der Waals surface area (Å²) in [5.41, 5.74) is 14.2. The number of hydrogen-bond acceptors (Lipinski definition) is 10. The van der Waals surface area contributed by atoms with Gasteiger partial charge in [0, 0.05) is 37.8 Å². The van der Waals surface area contributed by atoms with Crippen LogP contribution < -0.4 is 31.7 Å². The van der Waals surface area contributed by atoms with Crippen LogP contribution in [0, 0.1) is 29.1 Å². The Morgan fingerprint density at radius 3 is 2.60 bits per heavy atom. The van der Waals surface area contributed by atoms with E-state index in [4.69, 9.17) is 10.5 Å². The summed E-state index contributed by atoms with van der Waals surface area (Å²) in [4.78, 5) is 27.1. The second kappa shape index (κ2) is 23.6. The molecule has 8 N–H and O–H groups in total. The summed E-state index contributed by atoms with van der Waals surface area (Å²) in [7, 11) is 1.51. The van der Waals surface area contributed by atoms with E-state index in [9.17, 15) is 19.8 Å². The molecule has 3 heterocycles. The van der Waals surface area contributed by atoms with Gasteiger partial charge in [0.15, 0.2) is 17.3 Å². The number of allylic oxidation sites excluding steroid dienone is 3. The molecule has 2 aliphatic carbocycles. The van der Waals surface area contributed by atoms with Crippen molar-refractivity contribution in [3.05, 3.63) is 136 Å². The first-order chi connectivity index (χ1) is 33.0. The van der Waals surface area contributed by atoms with Crippen LogP contribution in [0.4, 0.5) is 0 Å². The molecule has 9 atom stereocenters. The fourth-order valence-electron chi connectivity index (χ4n) is 12.5. The van der Waals surface area contributed by atoms with Crippen LogP contribution in [0.3, 0.4) is 0 Å². The van der Waals surface area contributed by atoms with E-state index >= 15 is 0 Å². The van der Waals surface area contributed by atoms with Gasteiger partial charge in [0.2, 0.25) is 0 Å². The molecule has 0 bridgehead atoms. The summed E-state index contributed by atoms with van der Waals surface area (Å²) < 4.78 is 5.50. The third kappa shape index (κ3) is 13.3. The second-order valence-electron chi connectivity index (χ2n) is 20.9. The van der Waals surface area contributed by atoms with Crippen LogP contribution in [0.5, 0.6) is 11.5 Å². The number of benzene rings is 3. The first-order valence-corrected chi connectivity index (χ1v) is 25.7. The number of carbonyl (C=O) groups is 2. The van der Waals surface area contributed by atoms with Crippen LogP contribution in [0.25, 0.3) is 6.08 Å². The summed E-state index contributed by atoms with van der Waals surface area (Å²) in [6.07, 6.45) is 24.4. The quantitative estimate of drug-likeness (QED) is 0.0299. The predicted molar refractivity (Wildman–Crippen MR) is 273 cm³/mol. The van der Waals surface area contributed by atoms with Gasteiger partial charge < -0.3 is 42.0 Å². The van der Waals surface area contributed by atoms with Gasteiger partial charge in [0.25, 0.3) is 0 Å². The molecule has 0 spiro atoms. The van der Waals surface area contributed by atoms with E-state index in [0.717, 1.165) is 106 Å². The molecule has 2 saturated carbocycles. The number of carbonyl (C=O) groups excluding carboxylic acids is 2. The van der Waals surface area contributed by atoms with E-state index in [1.165, 1.54) is 42.7 Å². The number of phenolic OH excluding ortho intramolecular Hbond substituents is 1. The Morgan fingerprint density at radius 2 is 1.79 bits per heavy atom. The number of ether oxygens (including phenoxy) is 1. The molecule has 68 heavy (non-hydrogen) atoms. The van der Waals surface area contributed by atoms with Crippen molar-refractivity contribution in [2.45, 2.75) is 128 Å². The summed E-state index contributed by atoms with van der Waals surface area (Å²) in [6, 6.07) is 23.8. The highest BCUT2D eigenvalue weighted by Crippen LogP contribution is 2.53. The van der Waals surface area contributed by atoms with Crippen LogP contribution >= 0.6 is 0 Å². The van der Waals surface area contributed by atoms with E-state index in [-0.39, 0.29) is 41.4 Å². The summed E-state index contributed by atoms with van der Waals surface area (Å²) in [5.74, 6) is 2.65. The fraction of sp³-hybridized carbons (Fsp3) is 0.517. The van der Waals surface area contributed by atoms with Crippen molar-refractivity contribution in [1.82, 2.24) is 21.3 Å². The molecule has 10 nitrogen and oxygen atoms in total. The third-order valence-corrected chi connectivity index (χ3v) is 15.9. The van der Waals surface area contributed by atoms with Gasteiger partial charge in [-0.05, 0) is 196 Å². The SMILES string of the molecule is COc1cc(/C=C/C(=O)CC(=O)CCC[C@@]2(C[C@@H]3[C@H]4CCNC[C@H]4C[C@@H]4C=CCN[C@@H]34)CC[C@H](NC[C@H](C)O)C2)c(CC2=CNC(N)C=C2CCc2cccc(CCc3ccccc3)c2)cc1O. The Labute approximate surface area is 405 Å². The lowest BCUT2D eigenvalue weighted by molar-refractivity contribution is -0.124. The number of aryl methyl sites for hydroxylation is 3. The highest BCUT2D eigenvalue weighted by Gasteiger charge is 2.49. The normalized spacial score (nSPS) is 27.1. The van der Waals surface area contributed by atoms with Crippen LogP contribution in [0.15, 0.2) is 108 Å². The maximum absolute atomic E-state index is 13.6. The Hall–Kier alpha value is -4.84. The number of nitrogens with one attached hydrogen (secondary N) is 4. The number of Topliss-reactive ketones (excluding diaryl/α,β-unsaturated/α-hetero) is 1. The Bertz CT molecular complexity index is 2300. The number of ketones is 2. The zero-order valence-electron chi connectivity index (χ0n) is 40.6. The van der Waals surface area contributed by atoms with Gasteiger partial charge in [-0.2, -0.15) is 0 Å². The molecular weight excluding hydrogens is 847 g/mol. The van der Waals surface area contributed by atoms with Crippen LogP contribution in [-0.4, -0.2) is 79.4 Å². The van der Waals surface area contributed by atoms with E-state index in [2.05, 4.69) is 94.1 Å². The molecule has 364 valence electrons. The molecule has 0 aromatic heterocycles. The maximum atomic E-state index is 13.6. The average Bonchev–Trinajstić information content (AvgIpc) is 3.75. The van der Waals surface area contributed by atoms with Crippen molar-refractivity contribution in [2.24, 2.45) is 34.8 Å². The molecule has 0 radical (unpaired) electrons. The van der Waals surface area contributed by atoms with Crippen LogP contribution in [-0.2, 0) is 35.3 Å². The van der Waals surface area contributed by atoms with Crippen molar-refractivity contribution < 1.29 is 24.5 Å². The number of aliphatic hydroxyl groups excluding tert-OH is 1. The monoisotopic (exact) mass is 924 g/mol. The molecule has 5 aliphatic rings. The zero-order chi connectivity index (χ0) is 47.5. The van der Waals surface area contributed by atoms with Gasteiger partial charge in [0.05, 0.1) is 25.8 Å². The number of fused-ring (bicyclic) bond motifs is 2. The Morgan fingerprint density at radius 1 is 1.00 bits per heavy atom. The minimum atomic E-state index is -0.388. The minimum absolute atomic E-state index is 0.0240. The lowest BCUT2D eigenvalue weighted by atomic mass is 9.57. The molecule has 1 saturated heterocycles. The van der Waals surface area contributed by atoms with Gasteiger partial charge in [-0.1, -0.05) is 72.8 Å². The summed E-state index contributed by atoms with van der Waals surface area (Å²) >= 11 is 0. The number of piperidine rings is 1. The van der Waals surface area contributed by atoms with Gasteiger partial charge in [-0.3, -0.25) is 9.59 Å². The van der Waals surface area contributed by atoms with Crippen LogP contribution in [0.1, 0.15) is 105 Å². The number of methoxy groups -OCH3 is 1. The standard InChI is InChI=1S/C58H77N5O5/c1-39(64)36-62-49-21-24-58(34-49,35-53-52-22-26-60-37-48(52)28-45-13-8-25-61-57(45)53)23-7-14-50(65)33-51(66)20-19-43-31-55(68-2)54(67)30-46(43)29-47-38-63-56(59)32-44(47)18-17-42-12-6-11-41(27-42)16-15-40-9-4-3-5-10-40/h3-6,8-13,19-20,27,30-32,38-39,45,48-49,52-53,56-57,60-64,67H,7,14-18,21-26,28-29,33-37,59H2,1-2H3/b20-19+/t39-,45-,48+,49-,52-,53+,56?,57+,58+/m0/s1. The van der Waals surface area contributed by atoms with Crippen molar-refractivity contribution in [2.75, 3.05) is 33.3 Å². The lowest BCUT2D eigenvalue weighted by Crippen LogP contribution is -2.56. The minimum Gasteiger partial charge on any atom is -0.504 e. The number of rotatable bonds is 22. The molecule has 1 unspecified atom stereocenters. The maximum Gasteiger partial charge on any atom is 0.163 e. The van der Waals surface area contributed by atoms with Crippen LogP contribution in [0.2, 0.25) is 0 Å². The van der Waals surface area contributed by atoms with Crippen molar-refractivity contribution >= 4 is 17.6 Å². The van der Waals surface area contributed by atoms with Crippen molar-refractivity contribution in [3.8, 4) is 11.5 Å². The molecule has 3 fully saturated rings. The van der Waals surface area contributed by atoms with E-state index < -0.39 is 0 Å². The van der Waals surface area contributed by atoms with E-state index in [1.807, 2.05) is 13.1 Å². The largest absolute Gasteiger partial charge is 0.504 e. The first-order valence-electron chi connectivity index (χ1n) is 25.7. The second-order valence-corrected chi connectivity index (χ2v) is 20.9. The van der Waals surface area contributed by atoms with Gasteiger partial charge in [0.1, 0.15) is 5.78 Å². The van der Waals surface area contributed by atoms with Crippen molar-refractivity contribution in [1.29, 1.82) is 0 Å². The highest BCUT2D eigenvalue weighted by atomic mass is 16.5. The van der Waals surface area contributed by atoms with E-state index in [0.29, 0.717) is 60.9 Å².